The van der Waals surface area contributed by atoms with E-state index in [0.29, 0.717) is 6.04 Å². The van der Waals surface area contributed by atoms with Crippen molar-refractivity contribution in [3.8, 4) is 0 Å². The van der Waals surface area contributed by atoms with Crippen LogP contribution >= 0.6 is 0 Å². The Morgan fingerprint density at radius 1 is 1.32 bits per heavy atom. The van der Waals surface area contributed by atoms with E-state index in [4.69, 9.17) is 0 Å². The predicted octanol–water partition coefficient (Wildman–Crippen LogP) is 3.02. The molecule has 1 saturated carbocycles. The van der Waals surface area contributed by atoms with Crippen LogP contribution in [0.5, 0.6) is 0 Å². The summed E-state index contributed by atoms with van der Waals surface area (Å²) >= 11 is 0. The molecule has 1 amide bonds. The van der Waals surface area contributed by atoms with Gasteiger partial charge in [0, 0.05) is 19.1 Å². The number of aryl methyl sites for hydroxylation is 1. The lowest BCUT2D eigenvalue weighted by atomic mass is 9.92. The Kier molecular flexibility index (Phi) is 4.53. The van der Waals surface area contributed by atoms with E-state index < -0.39 is 0 Å². The number of piperidine rings is 1. The highest BCUT2D eigenvalue weighted by Crippen LogP contribution is 2.48. The second-order valence-corrected chi connectivity index (χ2v) is 7.04. The first-order valence-corrected chi connectivity index (χ1v) is 8.74. The number of hydrogen-bond acceptors (Lipinski definition) is 2. The van der Waals surface area contributed by atoms with E-state index in [1.807, 2.05) is 0 Å². The number of hydrogen-bond donors (Lipinski definition) is 1. The fourth-order valence-electron chi connectivity index (χ4n) is 3.66. The molecule has 0 unspecified atom stereocenters. The van der Waals surface area contributed by atoms with Crippen molar-refractivity contribution in [1.29, 1.82) is 0 Å². The van der Waals surface area contributed by atoms with Crippen LogP contribution in [0.25, 0.3) is 0 Å². The minimum Gasteiger partial charge on any atom is -0.353 e. The van der Waals surface area contributed by atoms with Gasteiger partial charge in [-0.1, -0.05) is 36.8 Å². The van der Waals surface area contributed by atoms with Crippen molar-refractivity contribution in [1.82, 2.24) is 10.2 Å². The van der Waals surface area contributed by atoms with Crippen LogP contribution in [0, 0.1) is 6.92 Å². The van der Waals surface area contributed by atoms with Gasteiger partial charge in [-0.2, -0.15) is 0 Å². The molecular formula is C19H28N2O. The van der Waals surface area contributed by atoms with Gasteiger partial charge in [-0.05, 0) is 51.1 Å². The SMILES string of the molecule is CCCN1CCC(NC(=O)C2(c3cccc(C)c3)CC2)CC1. The third kappa shape index (κ3) is 3.19. The Balaban J connectivity index is 1.59. The van der Waals surface area contributed by atoms with Crippen LogP contribution in [0.1, 0.15) is 50.2 Å². The van der Waals surface area contributed by atoms with E-state index in [0.717, 1.165) is 38.8 Å². The topological polar surface area (TPSA) is 32.3 Å². The normalized spacial score (nSPS) is 21.5. The van der Waals surface area contributed by atoms with E-state index in [-0.39, 0.29) is 11.3 Å². The quantitative estimate of drug-likeness (QED) is 0.906. The monoisotopic (exact) mass is 300 g/mol. The Labute approximate surface area is 134 Å². The molecule has 1 heterocycles. The van der Waals surface area contributed by atoms with E-state index in [1.54, 1.807) is 0 Å². The summed E-state index contributed by atoms with van der Waals surface area (Å²) < 4.78 is 0. The van der Waals surface area contributed by atoms with Gasteiger partial charge in [0.15, 0.2) is 0 Å². The maximum absolute atomic E-state index is 12.8. The van der Waals surface area contributed by atoms with Gasteiger partial charge >= 0.3 is 0 Å². The van der Waals surface area contributed by atoms with Gasteiger partial charge in [0.1, 0.15) is 0 Å². The molecule has 1 aromatic carbocycles. The summed E-state index contributed by atoms with van der Waals surface area (Å²) in [6.07, 6.45) is 5.40. The third-order valence-corrected chi connectivity index (χ3v) is 5.22. The molecule has 1 N–H and O–H groups in total. The fraction of sp³-hybridized carbons (Fsp3) is 0.632. The summed E-state index contributed by atoms with van der Waals surface area (Å²) in [6.45, 7) is 7.76. The maximum Gasteiger partial charge on any atom is 0.230 e. The zero-order chi connectivity index (χ0) is 15.6. The van der Waals surface area contributed by atoms with Gasteiger partial charge in [0.2, 0.25) is 5.91 Å². The van der Waals surface area contributed by atoms with Crippen LogP contribution in [0.2, 0.25) is 0 Å². The lowest BCUT2D eigenvalue weighted by Crippen LogP contribution is -2.47. The first-order valence-electron chi connectivity index (χ1n) is 8.74. The highest BCUT2D eigenvalue weighted by atomic mass is 16.2. The van der Waals surface area contributed by atoms with Crippen molar-refractivity contribution < 1.29 is 4.79 Å². The summed E-state index contributed by atoms with van der Waals surface area (Å²) in [7, 11) is 0. The van der Waals surface area contributed by atoms with Gasteiger partial charge in [0.05, 0.1) is 5.41 Å². The van der Waals surface area contributed by atoms with Crippen molar-refractivity contribution in [2.45, 2.75) is 57.4 Å². The highest BCUT2D eigenvalue weighted by Gasteiger charge is 2.51. The van der Waals surface area contributed by atoms with Crippen LogP contribution in [0.3, 0.4) is 0 Å². The minimum atomic E-state index is -0.230. The van der Waals surface area contributed by atoms with Gasteiger partial charge < -0.3 is 10.2 Å². The van der Waals surface area contributed by atoms with Gasteiger partial charge in [-0.15, -0.1) is 0 Å². The zero-order valence-corrected chi connectivity index (χ0v) is 13.9. The fourth-order valence-corrected chi connectivity index (χ4v) is 3.66. The Morgan fingerprint density at radius 2 is 2.05 bits per heavy atom. The second-order valence-electron chi connectivity index (χ2n) is 7.04. The van der Waals surface area contributed by atoms with Gasteiger partial charge in [-0.25, -0.2) is 0 Å². The molecule has 3 nitrogen and oxygen atoms in total. The molecule has 2 fully saturated rings. The molecule has 120 valence electrons. The number of carbonyl (C=O) groups is 1. The Hall–Kier alpha value is -1.35. The summed E-state index contributed by atoms with van der Waals surface area (Å²) in [6, 6.07) is 8.82. The minimum absolute atomic E-state index is 0.230. The van der Waals surface area contributed by atoms with Crippen LogP contribution < -0.4 is 5.32 Å². The van der Waals surface area contributed by atoms with Crippen LogP contribution in [-0.2, 0) is 10.2 Å². The second kappa shape index (κ2) is 6.41. The number of rotatable bonds is 5. The number of benzene rings is 1. The van der Waals surface area contributed by atoms with Crippen LogP contribution in [0.15, 0.2) is 24.3 Å². The Morgan fingerprint density at radius 3 is 2.64 bits per heavy atom. The van der Waals surface area contributed by atoms with Gasteiger partial charge in [-0.3, -0.25) is 4.79 Å². The summed E-state index contributed by atoms with van der Waals surface area (Å²) in [5.74, 6) is 0.257. The summed E-state index contributed by atoms with van der Waals surface area (Å²) in [4.78, 5) is 15.3. The largest absolute Gasteiger partial charge is 0.353 e. The van der Waals surface area contributed by atoms with E-state index in [9.17, 15) is 4.79 Å². The predicted molar refractivity (Wildman–Crippen MR) is 90.0 cm³/mol. The number of likely N-dealkylation sites (tertiary alicyclic amines) is 1. The molecule has 1 saturated heterocycles. The average molecular weight is 300 g/mol. The smallest absolute Gasteiger partial charge is 0.230 e. The molecule has 3 rings (SSSR count). The average Bonchev–Trinajstić information content (AvgIpc) is 3.31. The van der Waals surface area contributed by atoms with Crippen LogP contribution in [-0.4, -0.2) is 36.5 Å². The lowest BCUT2D eigenvalue weighted by molar-refractivity contribution is -0.124. The number of carbonyl (C=O) groups excluding carboxylic acids is 1. The molecule has 0 bridgehead atoms. The van der Waals surface area contributed by atoms with E-state index in [1.165, 1.54) is 24.1 Å². The summed E-state index contributed by atoms with van der Waals surface area (Å²) in [5, 5.41) is 3.34. The first kappa shape index (κ1) is 15.5. The molecule has 0 atom stereocenters. The van der Waals surface area contributed by atoms with E-state index >= 15 is 0 Å². The molecule has 2 aliphatic rings. The van der Waals surface area contributed by atoms with Crippen molar-refractivity contribution in [2.75, 3.05) is 19.6 Å². The van der Waals surface area contributed by atoms with Crippen molar-refractivity contribution >= 4 is 5.91 Å². The highest BCUT2D eigenvalue weighted by molar-refractivity contribution is 5.91. The van der Waals surface area contributed by atoms with Gasteiger partial charge in [0.25, 0.3) is 0 Å². The molecule has 22 heavy (non-hydrogen) atoms. The maximum atomic E-state index is 12.8. The van der Waals surface area contributed by atoms with Crippen LogP contribution in [0.4, 0.5) is 0 Å². The third-order valence-electron chi connectivity index (χ3n) is 5.22. The lowest BCUT2D eigenvalue weighted by Gasteiger charge is -2.33. The standard InChI is InChI=1S/C19H28N2O/c1-3-11-21-12-7-17(8-13-21)20-18(22)19(9-10-19)16-6-4-5-15(2)14-16/h4-6,14,17H,3,7-13H2,1-2H3,(H,20,22). The first-order chi connectivity index (χ1) is 10.6. The van der Waals surface area contributed by atoms with Crippen molar-refractivity contribution in [3.63, 3.8) is 0 Å². The molecule has 0 radical (unpaired) electrons. The molecule has 3 heteroatoms. The number of nitrogens with zero attached hydrogens (tertiary/aromatic N) is 1. The molecular weight excluding hydrogens is 272 g/mol. The molecule has 1 aliphatic carbocycles. The van der Waals surface area contributed by atoms with Crippen molar-refractivity contribution in [2.24, 2.45) is 0 Å². The number of amides is 1. The summed E-state index contributed by atoms with van der Waals surface area (Å²) in [5.41, 5.74) is 2.21. The molecule has 0 spiro atoms. The Bertz CT molecular complexity index is 528. The van der Waals surface area contributed by atoms with E-state index in [2.05, 4.69) is 48.3 Å². The van der Waals surface area contributed by atoms with Crippen molar-refractivity contribution in [3.05, 3.63) is 35.4 Å². The molecule has 1 aliphatic heterocycles. The number of nitrogens with one attached hydrogen (secondary N) is 1. The molecule has 0 aromatic heterocycles. The zero-order valence-electron chi connectivity index (χ0n) is 13.9. The molecule has 1 aromatic rings.